The van der Waals surface area contributed by atoms with Gasteiger partial charge in [-0.05, 0) is 76.0 Å². The van der Waals surface area contributed by atoms with E-state index in [4.69, 9.17) is 14.4 Å². The average Bonchev–Trinajstić information content (AvgIpc) is 3.61. The van der Waals surface area contributed by atoms with Gasteiger partial charge >= 0.3 is 0 Å². The highest BCUT2D eigenvalue weighted by Crippen LogP contribution is 2.43. The zero-order chi connectivity index (χ0) is 33.7. The van der Waals surface area contributed by atoms with E-state index in [1.54, 1.807) is 12.4 Å². The molecule has 238 valence electrons. The van der Waals surface area contributed by atoms with Crippen LogP contribution < -0.4 is 0 Å². The molecule has 5 heterocycles. The lowest BCUT2D eigenvalue weighted by Crippen LogP contribution is -1.94. The molecule has 0 unspecified atom stereocenters. The van der Waals surface area contributed by atoms with Crippen molar-refractivity contribution in [1.82, 2.24) is 19.9 Å². The van der Waals surface area contributed by atoms with Crippen molar-refractivity contribution in [2.24, 2.45) is 0 Å². The number of hydrogen-bond acceptors (Lipinski definition) is 5. The molecule has 0 N–H and O–H groups in total. The van der Waals surface area contributed by atoms with Gasteiger partial charge in [0.15, 0.2) is 0 Å². The van der Waals surface area contributed by atoms with E-state index in [1.807, 2.05) is 48.5 Å². The average molecular weight is 653 g/mol. The van der Waals surface area contributed by atoms with Crippen molar-refractivity contribution in [3.63, 3.8) is 0 Å². The summed E-state index contributed by atoms with van der Waals surface area (Å²) in [5.41, 5.74) is 12.1. The number of fused-ring (bicyclic) bond motifs is 6. The van der Waals surface area contributed by atoms with Crippen LogP contribution in [0.4, 0.5) is 0 Å². The Morgan fingerprint density at radius 1 is 0.412 bits per heavy atom. The van der Waals surface area contributed by atoms with Crippen molar-refractivity contribution in [3.8, 4) is 56.3 Å². The summed E-state index contributed by atoms with van der Waals surface area (Å²) in [5, 5.41) is 5.42. The standard InChI is InChI=1S/C46H28N4O/c1-2-13-33-30(11-1)12-9-16-35(33)45-43-36-14-3-4-20-42(36)51-46(43)37-17-10-15-34(44(37)50-45)31-23-21-29(22-24-31)32-27-40(38-18-5-7-25-47-38)49-41(28-32)39-19-6-8-26-48-39/h1-28H. The zero-order valence-electron chi connectivity index (χ0n) is 27.4. The molecule has 0 aliphatic carbocycles. The summed E-state index contributed by atoms with van der Waals surface area (Å²) >= 11 is 0. The molecule has 0 aliphatic rings. The maximum atomic E-state index is 6.65. The first-order chi connectivity index (χ1) is 25.3. The maximum Gasteiger partial charge on any atom is 0.147 e. The summed E-state index contributed by atoms with van der Waals surface area (Å²) in [4.78, 5) is 19.6. The van der Waals surface area contributed by atoms with Crippen LogP contribution in [0.3, 0.4) is 0 Å². The maximum absolute atomic E-state index is 6.65. The lowest BCUT2D eigenvalue weighted by molar-refractivity contribution is 0.672. The Morgan fingerprint density at radius 2 is 1.02 bits per heavy atom. The highest BCUT2D eigenvalue weighted by atomic mass is 16.3. The number of pyridine rings is 4. The second-order valence-corrected chi connectivity index (χ2v) is 12.6. The van der Waals surface area contributed by atoms with E-state index in [1.165, 1.54) is 5.39 Å². The molecule has 0 fully saturated rings. The molecule has 0 aliphatic heterocycles. The van der Waals surface area contributed by atoms with E-state index >= 15 is 0 Å². The predicted octanol–water partition coefficient (Wildman–Crippen LogP) is 11.8. The number of benzene rings is 5. The van der Waals surface area contributed by atoms with Crippen LogP contribution in [0.15, 0.2) is 175 Å². The first-order valence-electron chi connectivity index (χ1n) is 17.0. The molecule has 5 heteroatoms. The molecule has 0 spiro atoms. The molecule has 0 amide bonds. The van der Waals surface area contributed by atoms with Crippen molar-refractivity contribution < 1.29 is 4.42 Å². The molecule has 0 saturated carbocycles. The van der Waals surface area contributed by atoms with Crippen molar-refractivity contribution in [1.29, 1.82) is 0 Å². The van der Waals surface area contributed by atoms with E-state index in [9.17, 15) is 0 Å². The minimum atomic E-state index is 0.798. The fourth-order valence-corrected chi connectivity index (χ4v) is 7.18. The van der Waals surface area contributed by atoms with Crippen LogP contribution in [0.2, 0.25) is 0 Å². The first kappa shape index (κ1) is 29.0. The van der Waals surface area contributed by atoms with Gasteiger partial charge in [0.25, 0.3) is 0 Å². The van der Waals surface area contributed by atoms with Gasteiger partial charge in [-0.3, -0.25) is 9.97 Å². The van der Waals surface area contributed by atoms with Gasteiger partial charge in [0.05, 0.1) is 39.4 Å². The zero-order valence-corrected chi connectivity index (χ0v) is 27.4. The van der Waals surface area contributed by atoms with Gasteiger partial charge in [0.1, 0.15) is 11.2 Å². The molecule has 5 nitrogen and oxygen atoms in total. The van der Waals surface area contributed by atoms with Gasteiger partial charge in [0, 0.05) is 34.3 Å². The Labute approximate surface area is 293 Å². The van der Waals surface area contributed by atoms with E-state index in [2.05, 4.69) is 119 Å². The van der Waals surface area contributed by atoms with E-state index in [0.29, 0.717) is 0 Å². The normalized spacial score (nSPS) is 11.5. The summed E-state index contributed by atoms with van der Waals surface area (Å²) in [6, 6.07) is 54.2. The Bertz CT molecular complexity index is 2840. The molecule has 0 saturated heterocycles. The molecule has 5 aromatic carbocycles. The molecule has 0 bridgehead atoms. The lowest BCUT2D eigenvalue weighted by atomic mass is 9.95. The van der Waals surface area contributed by atoms with Crippen LogP contribution >= 0.6 is 0 Å². The van der Waals surface area contributed by atoms with Crippen LogP contribution in [0.1, 0.15) is 0 Å². The minimum absolute atomic E-state index is 0.798. The number of rotatable bonds is 5. The highest BCUT2D eigenvalue weighted by Gasteiger charge is 2.21. The van der Waals surface area contributed by atoms with E-state index in [-0.39, 0.29) is 0 Å². The van der Waals surface area contributed by atoms with Gasteiger partial charge in [-0.25, -0.2) is 9.97 Å². The first-order valence-corrected chi connectivity index (χ1v) is 17.0. The molecule has 10 aromatic rings. The van der Waals surface area contributed by atoms with Crippen LogP contribution in [-0.2, 0) is 0 Å². The van der Waals surface area contributed by atoms with Gasteiger partial charge in [-0.15, -0.1) is 0 Å². The summed E-state index contributed by atoms with van der Waals surface area (Å²) in [5.74, 6) is 0. The summed E-state index contributed by atoms with van der Waals surface area (Å²) < 4.78 is 6.65. The quantitative estimate of drug-likeness (QED) is 0.185. The van der Waals surface area contributed by atoms with Crippen LogP contribution in [0.25, 0.3) is 99.9 Å². The number of para-hydroxylation sites is 2. The molecular formula is C46H28N4O. The van der Waals surface area contributed by atoms with Crippen molar-refractivity contribution >= 4 is 43.6 Å². The molecule has 51 heavy (non-hydrogen) atoms. The van der Waals surface area contributed by atoms with Gasteiger partial charge in [0.2, 0.25) is 0 Å². The van der Waals surface area contributed by atoms with Crippen LogP contribution in [0, 0.1) is 0 Å². The second kappa shape index (κ2) is 11.9. The van der Waals surface area contributed by atoms with Crippen molar-refractivity contribution in [3.05, 3.63) is 170 Å². The summed E-state index contributed by atoms with van der Waals surface area (Å²) in [6.07, 6.45) is 3.59. The molecule has 0 radical (unpaired) electrons. The van der Waals surface area contributed by atoms with E-state index in [0.717, 1.165) is 94.5 Å². The van der Waals surface area contributed by atoms with E-state index < -0.39 is 0 Å². The summed E-state index contributed by atoms with van der Waals surface area (Å²) in [6.45, 7) is 0. The van der Waals surface area contributed by atoms with Gasteiger partial charge < -0.3 is 4.42 Å². The molecular weight excluding hydrogens is 625 g/mol. The Hall–Kier alpha value is -6.98. The topological polar surface area (TPSA) is 64.7 Å². The number of aromatic nitrogens is 4. The third-order valence-corrected chi connectivity index (χ3v) is 9.59. The van der Waals surface area contributed by atoms with Crippen LogP contribution in [0.5, 0.6) is 0 Å². The monoisotopic (exact) mass is 652 g/mol. The molecule has 10 rings (SSSR count). The fourth-order valence-electron chi connectivity index (χ4n) is 7.18. The largest absolute Gasteiger partial charge is 0.455 e. The summed E-state index contributed by atoms with van der Waals surface area (Å²) in [7, 11) is 0. The minimum Gasteiger partial charge on any atom is -0.455 e. The van der Waals surface area contributed by atoms with Crippen molar-refractivity contribution in [2.75, 3.05) is 0 Å². The van der Waals surface area contributed by atoms with Crippen LogP contribution in [-0.4, -0.2) is 19.9 Å². The fraction of sp³-hybridized carbons (Fsp3) is 0. The number of hydrogen-bond donors (Lipinski definition) is 0. The third kappa shape index (κ3) is 4.94. The Morgan fingerprint density at radius 3 is 1.76 bits per heavy atom. The smallest absolute Gasteiger partial charge is 0.147 e. The third-order valence-electron chi connectivity index (χ3n) is 9.59. The van der Waals surface area contributed by atoms with Crippen molar-refractivity contribution in [2.45, 2.75) is 0 Å². The second-order valence-electron chi connectivity index (χ2n) is 12.6. The Kier molecular flexibility index (Phi) is 6.74. The van der Waals surface area contributed by atoms with Gasteiger partial charge in [-0.2, -0.15) is 0 Å². The highest BCUT2D eigenvalue weighted by molar-refractivity contribution is 6.22. The SMILES string of the molecule is c1ccc(-c2cc(-c3ccc(-c4cccc5c4nc(-c4cccc6ccccc46)c4c6ccccc6oc54)cc3)cc(-c3ccccn3)n2)nc1. The molecule has 0 atom stereocenters. The number of furan rings is 1. The number of nitrogens with zero attached hydrogens (tertiary/aromatic N) is 4. The molecule has 5 aromatic heterocycles. The lowest BCUT2D eigenvalue weighted by Gasteiger charge is -2.13. The Balaban J connectivity index is 1.15. The van der Waals surface area contributed by atoms with Gasteiger partial charge in [-0.1, -0.05) is 109 Å². The predicted molar refractivity (Wildman–Crippen MR) is 207 cm³/mol.